The maximum Gasteiger partial charge on any atom is 0.122 e. The Morgan fingerprint density at radius 2 is 2.33 bits per heavy atom. The zero-order chi connectivity index (χ0) is 12.7. The largest absolute Gasteiger partial charge is 0.469 e. The van der Waals surface area contributed by atoms with Crippen molar-refractivity contribution in [2.75, 3.05) is 5.73 Å². The average Bonchev–Trinajstić information content (AvgIpc) is 3.00. The van der Waals surface area contributed by atoms with Gasteiger partial charge in [0.25, 0.3) is 0 Å². The van der Waals surface area contributed by atoms with Gasteiger partial charge in [0.05, 0.1) is 24.1 Å². The number of nitrogens with two attached hydrogens (primary N) is 1. The molecule has 3 N–H and O–H groups in total. The van der Waals surface area contributed by atoms with Crippen LogP contribution in [-0.2, 0) is 0 Å². The molecule has 0 aliphatic heterocycles. The van der Waals surface area contributed by atoms with Crippen LogP contribution >= 0.6 is 0 Å². The number of hydrogen-bond donors (Lipinski definition) is 2. The normalized spacial score (nSPS) is 23.7. The summed E-state index contributed by atoms with van der Waals surface area (Å²) in [6, 6.07) is 3.72. The Bertz CT molecular complexity index is 558. The molecule has 5 nitrogen and oxygen atoms in total. The number of rotatable bonds is 2. The predicted molar refractivity (Wildman–Crippen MR) is 68.0 cm³/mol. The molecular weight excluding hydrogens is 230 g/mol. The Labute approximate surface area is 105 Å². The third-order valence-electron chi connectivity index (χ3n) is 3.66. The molecule has 0 radical (unpaired) electrons. The van der Waals surface area contributed by atoms with Crippen molar-refractivity contribution in [3.8, 4) is 11.3 Å². The van der Waals surface area contributed by atoms with Crippen LogP contribution < -0.4 is 5.73 Å². The number of aliphatic hydroxyl groups excluding tert-OH is 1. The minimum absolute atomic E-state index is 0.00552. The Morgan fingerprint density at radius 1 is 1.50 bits per heavy atom. The van der Waals surface area contributed by atoms with Gasteiger partial charge in [-0.15, -0.1) is 0 Å². The maximum atomic E-state index is 9.93. The highest BCUT2D eigenvalue weighted by molar-refractivity contribution is 5.64. The second kappa shape index (κ2) is 4.17. The SMILES string of the molecule is Cc1occc1-c1cc(N)n(C2CCCC2O)n1. The number of aromatic nitrogens is 2. The monoisotopic (exact) mass is 247 g/mol. The molecule has 0 amide bonds. The fourth-order valence-corrected chi connectivity index (χ4v) is 2.66. The van der Waals surface area contributed by atoms with Gasteiger partial charge in [0.15, 0.2) is 0 Å². The van der Waals surface area contributed by atoms with Gasteiger partial charge in [-0.2, -0.15) is 5.10 Å². The van der Waals surface area contributed by atoms with Gasteiger partial charge in [0.1, 0.15) is 11.6 Å². The first-order valence-corrected chi connectivity index (χ1v) is 6.24. The maximum absolute atomic E-state index is 9.93. The summed E-state index contributed by atoms with van der Waals surface area (Å²) in [5.74, 6) is 1.42. The molecule has 3 rings (SSSR count). The summed E-state index contributed by atoms with van der Waals surface area (Å²) < 4.78 is 7.02. The summed E-state index contributed by atoms with van der Waals surface area (Å²) in [5, 5.41) is 14.4. The van der Waals surface area contributed by atoms with Crippen LogP contribution in [0.5, 0.6) is 0 Å². The van der Waals surface area contributed by atoms with Crippen molar-refractivity contribution < 1.29 is 9.52 Å². The number of aliphatic hydroxyl groups is 1. The average molecular weight is 247 g/mol. The predicted octanol–water partition coefficient (Wildman–Crippen LogP) is 2.12. The van der Waals surface area contributed by atoms with E-state index in [1.54, 1.807) is 10.9 Å². The van der Waals surface area contributed by atoms with E-state index in [0.717, 1.165) is 36.3 Å². The second-order valence-electron chi connectivity index (χ2n) is 4.86. The number of nitrogen functional groups attached to an aromatic ring is 1. The molecule has 0 spiro atoms. The third-order valence-corrected chi connectivity index (χ3v) is 3.66. The van der Waals surface area contributed by atoms with Crippen LogP contribution in [0.3, 0.4) is 0 Å². The Kier molecular flexibility index (Phi) is 2.63. The lowest BCUT2D eigenvalue weighted by Crippen LogP contribution is -2.20. The highest BCUT2D eigenvalue weighted by Crippen LogP contribution is 2.33. The van der Waals surface area contributed by atoms with E-state index in [1.807, 2.05) is 19.1 Å². The molecule has 2 atom stereocenters. The first kappa shape index (κ1) is 11.3. The molecule has 1 saturated carbocycles. The lowest BCUT2D eigenvalue weighted by atomic mass is 10.2. The van der Waals surface area contributed by atoms with Gasteiger partial charge in [-0.3, -0.25) is 0 Å². The fourth-order valence-electron chi connectivity index (χ4n) is 2.66. The lowest BCUT2D eigenvalue weighted by molar-refractivity contribution is 0.131. The van der Waals surface area contributed by atoms with E-state index in [0.29, 0.717) is 5.82 Å². The summed E-state index contributed by atoms with van der Waals surface area (Å²) in [5.41, 5.74) is 7.75. The highest BCUT2D eigenvalue weighted by atomic mass is 16.3. The van der Waals surface area contributed by atoms with Crippen LogP contribution in [0, 0.1) is 6.92 Å². The third kappa shape index (κ3) is 1.71. The van der Waals surface area contributed by atoms with Gasteiger partial charge in [-0.25, -0.2) is 4.68 Å². The standard InChI is InChI=1S/C13H17N3O2/c1-8-9(5-6-18-8)10-7-13(14)16(15-10)11-3-2-4-12(11)17/h5-7,11-12,17H,2-4,14H2,1H3. The number of anilines is 1. The number of hydrogen-bond acceptors (Lipinski definition) is 4. The summed E-state index contributed by atoms with van der Waals surface area (Å²) in [6.45, 7) is 1.90. The summed E-state index contributed by atoms with van der Waals surface area (Å²) in [7, 11) is 0. The van der Waals surface area contributed by atoms with Gasteiger partial charge >= 0.3 is 0 Å². The molecule has 1 fully saturated rings. The van der Waals surface area contributed by atoms with E-state index < -0.39 is 0 Å². The molecule has 0 aromatic carbocycles. The quantitative estimate of drug-likeness (QED) is 0.852. The van der Waals surface area contributed by atoms with E-state index in [1.165, 1.54) is 0 Å². The Morgan fingerprint density at radius 3 is 2.94 bits per heavy atom. The topological polar surface area (TPSA) is 77.2 Å². The van der Waals surface area contributed by atoms with E-state index in [-0.39, 0.29) is 12.1 Å². The van der Waals surface area contributed by atoms with E-state index >= 15 is 0 Å². The molecule has 2 aromatic heterocycles. The zero-order valence-electron chi connectivity index (χ0n) is 10.3. The molecule has 5 heteroatoms. The molecule has 1 aliphatic rings. The first-order chi connectivity index (χ1) is 8.66. The van der Waals surface area contributed by atoms with E-state index in [4.69, 9.17) is 10.2 Å². The number of furan rings is 1. The first-order valence-electron chi connectivity index (χ1n) is 6.24. The lowest BCUT2D eigenvalue weighted by Gasteiger charge is -2.16. The molecule has 2 heterocycles. The molecule has 0 bridgehead atoms. The van der Waals surface area contributed by atoms with Crippen molar-refractivity contribution in [2.24, 2.45) is 0 Å². The summed E-state index contributed by atoms with van der Waals surface area (Å²) in [4.78, 5) is 0. The van der Waals surface area contributed by atoms with Gasteiger partial charge in [0.2, 0.25) is 0 Å². The van der Waals surface area contributed by atoms with Gasteiger partial charge in [0, 0.05) is 11.6 Å². The molecular formula is C13H17N3O2. The van der Waals surface area contributed by atoms with Crippen LogP contribution in [0.15, 0.2) is 22.8 Å². The van der Waals surface area contributed by atoms with Crippen molar-refractivity contribution in [1.82, 2.24) is 9.78 Å². The molecule has 2 unspecified atom stereocenters. The molecule has 18 heavy (non-hydrogen) atoms. The molecule has 96 valence electrons. The Balaban J connectivity index is 1.98. The van der Waals surface area contributed by atoms with Crippen LogP contribution in [0.4, 0.5) is 5.82 Å². The van der Waals surface area contributed by atoms with Crippen molar-refractivity contribution in [3.63, 3.8) is 0 Å². The Hall–Kier alpha value is -1.75. The van der Waals surface area contributed by atoms with Crippen LogP contribution in [0.2, 0.25) is 0 Å². The van der Waals surface area contributed by atoms with Crippen LogP contribution in [0.25, 0.3) is 11.3 Å². The molecule has 0 saturated heterocycles. The highest BCUT2D eigenvalue weighted by Gasteiger charge is 2.29. The number of aryl methyl sites for hydroxylation is 1. The van der Waals surface area contributed by atoms with Crippen LogP contribution in [-0.4, -0.2) is 21.0 Å². The number of nitrogens with zero attached hydrogens (tertiary/aromatic N) is 2. The van der Waals surface area contributed by atoms with Crippen LogP contribution in [0.1, 0.15) is 31.1 Å². The summed E-state index contributed by atoms with van der Waals surface area (Å²) in [6.07, 6.45) is 4.07. The minimum atomic E-state index is -0.342. The van der Waals surface area contributed by atoms with E-state index in [2.05, 4.69) is 5.10 Å². The smallest absolute Gasteiger partial charge is 0.122 e. The van der Waals surface area contributed by atoms with Gasteiger partial charge in [-0.05, 0) is 32.3 Å². The second-order valence-corrected chi connectivity index (χ2v) is 4.86. The van der Waals surface area contributed by atoms with Crippen molar-refractivity contribution in [3.05, 3.63) is 24.2 Å². The van der Waals surface area contributed by atoms with Gasteiger partial charge in [-0.1, -0.05) is 0 Å². The molecule has 2 aromatic rings. The van der Waals surface area contributed by atoms with Crippen molar-refractivity contribution in [1.29, 1.82) is 0 Å². The van der Waals surface area contributed by atoms with Crippen molar-refractivity contribution >= 4 is 5.82 Å². The summed E-state index contributed by atoms with van der Waals surface area (Å²) >= 11 is 0. The fraction of sp³-hybridized carbons (Fsp3) is 0.462. The zero-order valence-corrected chi connectivity index (χ0v) is 10.3. The molecule has 1 aliphatic carbocycles. The minimum Gasteiger partial charge on any atom is -0.469 e. The van der Waals surface area contributed by atoms with E-state index in [9.17, 15) is 5.11 Å². The van der Waals surface area contributed by atoms with Crippen molar-refractivity contribution in [2.45, 2.75) is 38.3 Å². The van der Waals surface area contributed by atoms with Gasteiger partial charge < -0.3 is 15.3 Å².